The van der Waals surface area contributed by atoms with Gasteiger partial charge in [0.1, 0.15) is 19.0 Å². The number of fused-ring (bicyclic) bond motifs is 1. The molecular formula is C31H23IN2O5S. The Morgan fingerprint density at radius 3 is 2.58 bits per heavy atom. The lowest BCUT2D eigenvalue weighted by molar-refractivity contribution is -0.123. The third kappa shape index (κ3) is 5.93. The molecule has 1 aliphatic rings. The predicted molar refractivity (Wildman–Crippen MR) is 163 cm³/mol. The van der Waals surface area contributed by atoms with Crippen molar-refractivity contribution >= 4 is 62.3 Å². The number of ether oxygens (including phenoxy) is 3. The molecule has 4 aromatic rings. The van der Waals surface area contributed by atoms with Crippen LogP contribution in [0.15, 0.2) is 83.8 Å². The summed E-state index contributed by atoms with van der Waals surface area (Å²) in [5.41, 5.74) is 2.01. The molecule has 1 fully saturated rings. The Labute approximate surface area is 249 Å². The number of imide groups is 1. The summed E-state index contributed by atoms with van der Waals surface area (Å²) in [6.07, 6.45) is 1.68. The van der Waals surface area contributed by atoms with Crippen LogP contribution in [0.3, 0.4) is 0 Å². The fraction of sp³-hybridized carbons (Fsp3) is 0.129. The molecule has 2 amide bonds. The Morgan fingerprint density at radius 2 is 1.75 bits per heavy atom. The number of rotatable bonds is 9. The molecule has 0 spiro atoms. The molecule has 40 heavy (non-hydrogen) atoms. The number of carbonyl (C=O) groups is 2. The Balaban J connectivity index is 1.27. The summed E-state index contributed by atoms with van der Waals surface area (Å²) in [7, 11) is 1.54. The number of carbonyl (C=O) groups excluding carboxylic acids is 2. The van der Waals surface area contributed by atoms with Crippen molar-refractivity contribution in [3.05, 3.63) is 104 Å². The van der Waals surface area contributed by atoms with Gasteiger partial charge in [0.25, 0.3) is 11.1 Å². The minimum Gasteiger partial charge on any atom is -0.493 e. The maximum Gasteiger partial charge on any atom is 0.293 e. The van der Waals surface area contributed by atoms with Crippen molar-refractivity contribution in [2.45, 2.75) is 6.61 Å². The average Bonchev–Trinajstić information content (AvgIpc) is 3.23. The summed E-state index contributed by atoms with van der Waals surface area (Å²) in [5, 5.41) is 11.0. The average molecular weight is 663 g/mol. The molecule has 1 aliphatic heterocycles. The monoisotopic (exact) mass is 662 g/mol. The Bertz CT molecular complexity index is 1680. The van der Waals surface area contributed by atoms with Gasteiger partial charge in [0.2, 0.25) is 0 Å². The number of thioether (sulfide) groups is 1. The number of hydrogen-bond donors (Lipinski definition) is 0. The topological polar surface area (TPSA) is 88.9 Å². The van der Waals surface area contributed by atoms with Crippen molar-refractivity contribution in [3.8, 4) is 23.3 Å². The summed E-state index contributed by atoms with van der Waals surface area (Å²) in [4.78, 5) is 27.3. The Kier molecular flexibility index (Phi) is 8.57. The van der Waals surface area contributed by atoms with E-state index in [1.165, 1.54) is 12.0 Å². The van der Waals surface area contributed by atoms with Crippen LogP contribution in [0.25, 0.3) is 16.8 Å². The van der Waals surface area contributed by atoms with Crippen LogP contribution < -0.4 is 14.2 Å². The van der Waals surface area contributed by atoms with E-state index in [1.54, 1.807) is 24.3 Å². The van der Waals surface area contributed by atoms with Crippen molar-refractivity contribution < 1.29 is 23.8 Å². The zero-order chi connectivity index (χ0) is 28.1. The molecule has 0 aromatic heterocycles. The van der Waals surface area contributed by atoms with E-state index < -0.39 is 0 Å². The molecule has 4 aromatic carbocycles. The van der Waals surface area contributed by atoms with Crippen molar-refractivity contribution in [3.63, 3.8) is 0 Å². The lowest BCUT2D eigenvalue weighted by Crippen LogP contribution is -2.32. The van der Waals surface area contributed by atoms with E-state index in [1.807, 2.05) is 60.7 Å². The largest absolute Gasteiger partial charge is 0.493 e. The van der Waals surface area contributed by atoms with Gasteiger partial charge in [-0.3, -0.25) is 14.5 Å². The minimum atomic E-state index is -0.362. The zero-order valence-electron chi connectivity index (χ0n) is 21.4. The number of halogens is 1. The molecule has 1 saturated heterocycles. The van der Waals surface area contributed by atoms with Crippen LogP contribution in [0, 0.1) is 14.9 Å². The molecule has 0 N–H and O–H groups in total. The van der Waals surface area contributed by atoms with E-state index in [4.69, 9.17) is 14.2 Å². The Hall–Kier alpha value is -4.01. The highest BCUT2D eigenvalue weighted by Gasteiger charge is 2.35. The smallest absolute Gasteiger partial charge is 0.293 e. The SMILES string of the molecule is COc1cc(/C=C2\SC(=O)N(CCOc3cccc4ccccc34)C2=O)cc(I)c1OCc1ccccc1C#N. The second kappa shape index (κ2) is 12.4. The number of amides is 2. The molecule has 200 valence electrons. The van der Waals surface area contributed by atoms with Crippen LogP contribution in [-0.4, -0.2) is 36.3 Å². The number of nitriles is 1. The lowest BCUT2D eigenvalue weighted by atomic mass is 10.1. The van der Waals surface area contributed by atoms with Gasteiger partial charge in [-0.15, -0.1) is 0 Å². The van der Waals surface area contributed by atoms with Crippen LogP contribution >= 0.6 is 34.4 Å². The maximum absolute atomic E-state index is 13.1. The number of methoxy groups -OCH3 is 1. The molecule has 1 heterocycles. The lowest BCUT2D eigenvalue weighted by Gasteiger charge is -2.15. The first-order valence-corrected chi connectivity index (χ1v) is 14.2. The number of nitrogens with zero attached hydrogens (tertiary/aromatic N) is 2. The zero-order valence-corrected chi connectivity index (χ0v) is 24.4. The van der Waals surface area contributed by atoms with Crippen LogP contribution in [0.5, 0.6) is 17.2 Å². The summed E-state index contributed by atoms with van der Waals surface area (Å²) in [6, 6.07) is 26.7. The quantitative estimate of drug-likeness (QED) is 0.141. The van der Waals surface area contributed by atoms with Gasteiger partial charge >= 0.3 is 0 Å². The molecule has 0 unspecified atom stereocenters. The standard InChI is InChI=1S/C31H23IN2O5S/c1-37-27-16-20(15-25(32)29(27)39-19-23-9-3-2-8-22(23)18-33)17-28-30(35)34(31(36)40-28)13-14-38-26-12-6-10-21-7-4-5-11-24(21)26/h2-12,15-17H,13-14,19H2,1H3/b28-17-. The van der Waals surface area contributed by atoms with Crippen LogP contribution in [0.2, 0.25) is 0 Å². The third-order valence-corrected chi connectivity index (χ3v) is 7.96. The molecule has 7 nitrogen and oxygen atoms in total. The Morgan fingerprint density at radius 1 is 0.975 bits per heavy atom. The first-order valence-electron chi connectivity index (χ1n) is 12.3. The second-order valence-electron chi connectivity index (χ2n) is 8.75. The van der Waals surface area contributed by atoms with Crippen molar-refractivity contribution in [1.82, 2.24) is 4.90 Å². The van der Waals surface area contributed by atoms with Gasteiger partial charge < -0.3 is 14.2 Å². The van der Waals surface area contributed by atoms with Gasteiger partial charge in [-0.2, -0.15) is 5.26 Å². The molecule has 0 bridgehead atoms. The molecule has 0 atom stereocenters. The highest BCUT2D eigenvalue weighted by Crippen LogP contribution is 2.38. The van der Waals surface area contributed by atoms with E-state index >= 15 is 0 Å². The van der Waals surface area contributed by atoms with E-state index in [2.05, 4.69) is 28.7 Å². The summed E-state index contributed by atoms with van der Waals surface area (Å²) < 4.78 is 18.3. The third-order valence-electron chi connectivity index (χ3n) is 6.26. The van der Waals surface area contributed by atoms with Gasteiger partial charge in [0.05, 0.1) is 33.8 Å². The van der Waals surface area contributed by atoms with Gasteiger partial charge in [0, 0.05) is 10.9 Å². The van der Waals surface area contributed by atoms with Crippen LogP contribution in [-0.2, 0) is 11.4 Å². The summed E-state index contributed by atoms with van der Waals surface area (Å²) in [5.74, 6) is 1.36. The van der Waals surface area contributed by atoms with Gasteiger partial charge in [-0.25, -0.2) is 0 Å². The van der Waals surface area contributed by atoms with Crippen molar-refractivity contribution in [2.75, 3.05) is 20.3 Å². The fourth-order valence-corrected chi connectivity index (χ4v) is 5.93. The van der Waals surface area contributed by atoms with E-state index in [9.17, 15) is 14.9 Å². The molecule has 0 radical (unpaired) electrons. The fourth-order valence-electron chi connectivity index (χ4n) is 4.28. The van der Waals surface area contributed by atoms with Crippen LogP contribution in [0.4, 0.5) is 4.79 Å². The van der Waals surface area contributed by atoms with E-state index in [0.717, 1.165) is 31.7 Å². The number of benzene rings is 4. The summed E-state index contributed by atoms with van der Waals surface area (Å²) in [6.45, 7) is 0.532. The highest BCUT2D eigenvalue weighted by atomic mass is 127. The van der Waals surface area contributed by atoms with Crippen LogP contribution in [0.1, 0.15) is 16.7 Å². The normalized spacial score (nSPS) is 14.0. The molecule has 9 heteroatoms. The summed E-state index contributed by atoms with van der Waals surface area (Å²) >= 11 is 3.04. The molecule has 0 saturated carbocycles. The van der Waals surface area contributed by atoms with Crippen molar-refractivity contribution in [1.29, 1.82) is 5.26 Å². The maximum atomic E-state index is 13.1. The second-order valence-corrected chi connectivity index (χ2v) is 10.9. The van der Waals surface area contributed by atoms with E-state index in [0.29, 0.717) is 33.3 Å². The first kappa shape index (κ1) is 27.6. The van der Waals surface area contributed by atoms with E-state index in [-0.39, 0.29) is 30.9 Å². The van der Waals surface area contributed by atoms with Gasteiger partial charge in [-0.1, -0.05) is 54.6 Å². The molecule has 0 aliphatic carbocycles. The molecule has 5 rings (SSSR count). The van der Waals surface area contributed by atoms with Gasteiger partial charge in [0.15, 0.2) is 11.5 Å². The van der Waals surface area contributed by atoms with Gasteiger partial charge in [-0.05, 0) is 75.6 Å². The van der Waals surface area contributed by atoms with Crippen molar-refractivity contribution in [2.24, 2.45) is 0 Å². The molecular weight excluding hydrogens is 639 g/mol. The number of hydrogen-bond acceptors (Lipinski definition) is 7. The first-order chi connectivity index (χ1) is 19.5. The minimum absolute atomic E-state index is 0.142. The predicted octanol–water partition coefficient (Wildman–Crippen LogP) is 7.02. The highest BCUT2D eigenvalue weighted by molar-refractivity contribution is 14.1.